The number of piperidine rings is 2. The molecule has 0 aliphatic carbocycles. The summed E-state index contributed by atoms with van der Waals surface area (Å²) in [6.07, 6.45) is 1.95. The van der Waals surface area contributed by atoms with Crippen LogP contribution < -0.4 is 0 Å². The number of halogens is 2. The molecule has 2 saturated heterocycles. The minimum Gasteiger partial charge on any atom is -0.362 e. The van der Waals surface area contributed by atoms with Crippen molar-refractivity contribution < 1.29 is 0 Å². The number of benzene rings is 2. The van der Waals surface area contributed by atoms with Gasteiger partial charge < -0.3 is 9.80 Å². The first-order chi connectivity index (χ1) is 14.0. The van der Waals surface area contributed by atoms with Gasteiger partial charge >= 0.3 is 0 Å². The number of amidine groups is 2. The van der Waals surface area contributed by atoms with Crippen LogP contribution in [0.1, 0.15) is 17.5 Å². The van der Waals surface area contributed by atoms with Crippen molar-refractivity contribution in [3.05, 3.63) is 58.1 Å². The highest BCUT2D eigenvalue weighted by atomic mass is 79.9. The van der Waals surface area contributed by atoms with E-state index in [4.69, 9.17) is 21.6 Å². The lowest BCUT2D eigenvalue weighted by atomic mass is 9.49. The first-order valence-electron chi connectivity index (χ1n) is 10.1. The largest absolute Gasteiger partial charge is 0.362 e. The van der Waals surface area contributed by atoms with E-state index >= 15 is 0 Å². The SMILES string of the molecule is CN1C[C@@H](Cl)[C@@]23C(=Nc4ccccc42)N(C)CC[C@@]32Cc3ccc(Br)cc3N=C12. The highest BCUT2D eigenvalue weighted by Gasteiger charge is 2.70. The Kier molecular flexibility index (Phi) is 3.63. The molecule has 2 aromatic rings. The van der Waals surface area contributed by atoms with Crippen LogP contribution in [0.5, 0.6) is 0 Å². The van der Waals surface area contributed by atoms with E-state index in [0.717, 1.165) is 53.4 Å². The molecule has 4 nitrogen and oxygen atoms in total. The van der Waals surface area contributed by atoms with Gasteiger partial charge in [-0.05, 0) is 42.2 Å². The van der Waals surface area contributed by atoms with Crippen molar-refractivity contribution in [1.29, 1.82) is 0 Å². The van der Waals surface area contributed by atoms with E-state index in [1.54, 1.807) is 0 Å². The van der Waals surface area contributed by atoms with Crippen molar-refractivity contribution in [1.82, 2.24) is 9.80 Å². The third-order valence-electron chi connectivity index (χ3n) is 7.36. The number of nitrogens with zero attached hydrogens (tertiary/aromatic N) is 4. The van der Waals surface area contributed by atoms with Gasteiger partial charge in [-0.1, -0.05) is 40.2 Å². The molecule has 2 fully saturated rings. The molecule has 0 amide bonds. The lowest BCUT2D eigenvalue weighted by Gasteiger charge is -2.62. The normalized spacial score (nSPS) is 31.8. The molecule has 4 aliphatic heterocycles. The van der Waals surface area contributed by atoms with Crippen molar-refractivity contribution in [2.75, 3.05) is 27.2 Å². The average molecular weight is 470 g/mol. The van der Waals surface area contributed by atoms with E-state index < -0.39 is 0 Å². The molecule has 29 heavy (non-hydrogen) atoms. The Bertz CT molecular complexity index is 1110. The molecule has 3 atom stereocenters. The van der Waals surface area contributed by atoms with Gasteiger partial charge in [0.15, 0.2) is 0 Å². The van der Waals surface area contributed by atoms with Gasteiger partial charge in [-0.3, -0.25) is 0 Å². The summed E-state index contributed by atoms with van der Waals surface area (Å²) in [5.74, 6) is 2.28. The van der Waals surface area contributed by atoms with Gasteiger partial charge in [-0.2, -0.15) is 0 Å². The third kappa shape index (κ3) is 2.05. The molecule has 0 unspecified atom stereocenters. The fraction of sp³-hybridized carbons (Fsp3) is 0.391. The molecule has 6 heteroatoms. The number of fused-ring (bicyclic) bond motifs is 2. The molecular weight excluding hydrogens is 448 g/mol. The minimum atomic E-state index is -0.353. The lowest BCUT2D eigenvalue weighted by molar-refractivity contribution is 0.127. The van der Waals surface area contributed by atoms with Gasteiger partial charge in [0, 0.05) is 31.7 Å². The van der Waals surface area contributed by atoms with Gasteiger partial charge in [0.2, 0.25) is 0 Å². The van der Waals surface area contributed by atoms with E-state index in [0.29, 0.717) is 0 Å². The van der Waals surface area contributed by atoms with E-state index in [2.05, 4.69) is 82.3 Å². The predicted molar refractivity (Wildman–Crippen MR) is 122 cm³/mol. The highest BCUT2D eigenvalue weighted by molar-refractivity contribution is 9.10. The van der Waals surface area contributed by atoms with Crippen LogP contribution in [0.25, 0.3) is 0 Å². The minimum absolute atomic E-state index is 0.0754. The monoisotopic (exact) mass is 468 g/mol. The molecule has 0 bridgehead atoms. The Hall–Kier alpha value is -1.85. The third-order valence-corrected chi connectivity index (χ3v) is 8.32. The number of likely N-dealkylation sites (tertiary alicyclic amines) is 2. The smallest absolute Gasteiger partial charge is 0.118 e. The van der Waals surface area contributed by atoms with Crippen molar-refractivity contribution in [3.8, 4) is 0 Å². The first kappa shape index (κ1) is 18.0. The number of hydrogen-bond donors (Lipinski definition) is 0. The van der Waals surface area contributed by atoms with Crippen LogP contribution >= 0.6 is 27.5 Å². The maximum Gasteiger partial charge on any atom is 0.118 e. The molecule has 148 valence electrons. The molecule has 2 spiro atoms. The Labute approximate surface area is 184 Å². The second-order valence-corrected chi connectivity index (χ2v) is 10.2. The summed E-state index contributed by atoms with van der Waals surface area (Å²) in [7, 11) is 4.30. The van der Waals surface area contributed by atoms with Crippen molar-refractivity contribution in [2.24, 2.45) is 15.4 Å². The molecular formula is C23H22BrClN4. The number of likely N-dealkylation sites (N-methyl/N-ethyl adjacent to an activating group) is 1. The van der Waals surface area contributed by atoms with E-state index in [-0.39, 0.29) is 16.2 Å². The fourth-order valence-electron chi connectivity index (χ4n) is 6.20. The standard InChI is InChI=1S/C23H22BrClN4/c1-28-10-9-22-12-14-7-8-15(24)11-18(14)27-20(22)29(2)13-19(25)23(22)16-5-3-4-6-17(16)26-21(23)28/h3-8,11,19H,9-10,12-13H2,1-2H3/t19-,22+,23-/m1/s1. The molecule has 0 N–H and O–H groups in total. The summed E-state index contributed by atoms with van der Waals surface area (Å²) < 4.78 is 1.07. The summed E-state index contributed by atoms with van der Waals surface area (Å²) in [6.45, 7) is 1.71. The van der Waals surface area contributed by atoms with Gasteiger partial charge in [0.1, 0.15) is 11.7 Å². The Morgan fingerprint density at radius 1 is 1.03 bits per heavy atom. The second-order valence-electron chi connectivity index (χ2n) is 8.75. The topological polar surface area (TPSA) is 31.2 Å². The van der Waals surface area contributed by atoms with Crippen LogP contribution in [-0.2, 0) is 11.8 Å². The highest BCUT2D eigenvalue weighted by Crippen LogP contribution is 2.63. The van der Waals surface area contributed by atoms with Crippen LogP contribution in [0.2, 0.25) is 0 Å². The summed E-state index contributed by atoms with van der Waals surface area (Å²) in [5.41, 5.74) is 4.15. The van der Waals surface area contributed by atoms with E-state index in [9.17, 15) is 0 Å². The molecule has 0 saturated carbocycles. The average Bonchev–Trinajstić information content (AvgIpc) is 3.07. The molecule has 4 heterocycles. The van der Waals surface area contributed by atoms with Crippen molar-refractivity contribution in [2.45, 2.75) is 23.6 Å². The maximum absolute atomic E-state index is 7.33. The van der Waals surface area contributed by atoms with Gasteiger partial charge in [0.05, 0.1) is 27.6 Å². The summed E-state index contributed by atoms with van der Waals surface area (Å²) in [5, 5.41) is -0.0754. The van der Waals surface area contributed by atoms with E-state index in [1.807, 2.05) is 0 Å². The van der Waals surface area contributed by atoms with Crippen LogP contribution in [0.15, 0.2) is 56.9 Å². The number of hydrogen-bond acceptors (Lipinski definition) is 4. The molecule has 0 radical (unpaired) electrons. The summed E-state index contributed by atoms with van der Waals surface area (Å²) >= 11 is 10.9. The predicted octanol–water partition coefficient (Wildman–Crippen LogP) is 4.89. The zero-order valence-corrected chi connectivity index (χ0v) is 18.8. The van der Waals surface area contributed by atoms with Gasteiger partial charge in [0.25, 0.3) is 0 Å². The number of aliphatic imine (C=N–C) groups is 2. The molecule has 2 aromatic carbocycles. The summed E-state index contributed by atoms with van der Waals surface area (Å²) in [4.78, 5) is 15.0. The number of alkyl halides is 1. The zero-order valence-electron chi connectivity index (χ0n) is 16.5. The van der Waals surface area contributed by atoms with Crippen LogP contribution in [-0.4, -0.2) is 54.0 Å². The van der Waals surface area contributed by atoms with Crippen molar-refractivity contribution >= 4 is 50.6 Å². The lowest BCUT2D eigenvalue weighted by Crippen LogP contribution is -2.74. The Morgan fingerprint density at radius 3 is 2.69 bits per heavy atom. The summed E-state index contributed by atoms with van der Waals surface area (Å²) in [6, 6.07) is 15.0. The van der Waals surface area contributed by atoms with Crippen LogP contribution in [0.4, 0.5) is 11.4 Å². The Morgan fingerprint density at radius 2 is 1.83 bits per heavy atom. The second kappa shape index (κ2) is 5.86. The quantitative estimate of drug-likeness (QED) is 0.514. The number of para-hydroxylation sites is 1. The van der Waals surface area contributed by atoms with Gasteiger partial charge in [-0.25, -0.2) is 9.98 Å². The van der Waals surface area contributed by atoms with E-state index in [1.165, 1.54) is 11.1 Å². The molecule has 4 aliphatic rings. The zero-order chi connectivity index (χ0) is 20.0. The van der Waals surface area contributed by atoms with Gasteiger partial charge in [-0.15, -0.1) is 11.6 Å². The fourth-order valence-corrected chi connectivity index (χ4v) is 7.18. The van der Waals surface area contributed by atoms with Crippen LogP contribution in [0, 0.1) is 5.41 Å². The molecule has 0 aromatic heterocycles. The molecule has 6 rings (SSSR count). The first-order valence-corrected chi connectivity index (χ1v) is 11.3. The van der Waals surface area contributed by atoms with Crippen molar-refractivity contribution in [3.63, 3.8) is 0 Å². The Balaban J connectivity index is 1.69. The number of rotatable bonds is 0. The van der Waals surface area contributed by atoms with Crippen LogP contribution in [0.3, 0.4) is 0 Å². The maximum atomic E-state index is 7.33.